The number of carbonyl (C=O) groups is 12. The average Bonchev–Trinajstić information content (AvgIpc) is 1.47. The largest absolute Gasteiger partial charge is 0.394 e. The van der Waals surface area contributed by atoms with Crippen molar-refractivity contribution in [3.05, 3.63) is 35.9 Å². The van der Waals surface area contributed by atoms with E-state index in [4.69, 9.17) is 22.6 Å². The third kappa shape index (κ3) is 25.4. The van der Waals surface area contributed by atoms with Gasteiger partial charge in [-0.15, -0.1) is 0 Å². The Morgan fingerprint density at radius 2 is 1.16 bits per heavy atom. The lowest BCUT2D eigenvalue weighted by atomic mass is 9.94. The molecule has 1 aromatic carbocycles. The Morgan fingerprint density at radius 3 is 1.69 bits per heavy atom. The minimum Gasteiger partial charge on any atom is -0.394 e. The third-order valence-electron chi connectivity index (χ3n) is 14.6. The molecular formula is C58H98N16O16. The number of hydrogen-bond donors (Lipinski definition) is 20. The number of nitrogens with two attached hydrogens (primary N) is 3. The van der Waals surface area contributed by atoms with Crippen LogP contribution < -0.4 is 81.0 Å². The Kier molecular flexibility index (Phi) is 32.8. The fourth-order valence-electron chi connectivity index (χ4n) is 9.41. The van der Waals surface area contributed by atoms with Gasteiger partial charge in [0.1, 0.15) is 54.4 Å². The smallest absolute Gasteiger partial charge is 0.248 e. The summed E-state index contributed by atoms with van der Waals surface area (Å²) < 4.78 is 0. The number of amides is 12. The number of hydrogen-bond acceptors (Lipinski definition) is 18. The van der Waals surface area contributed by atoms with Crippen LogP contribution in [0.3, 0.4) is 0 Å². The normalized spacial score (nSPS) is 24.7. The zero-order valence-electron chi connectivity index (χ0n) is 53.1. The van der Waals surface area contributed by atoms with Crippen molar-refractivity contribution in [2.45, 2.75) is 199 Å². The summed E-state index contributed by atoms with van der Waals surface area (Å²) in [6.45, 7) is 15.6. The molecule has 23 N–H and O–H groups in total. The highest BCUT2D eigenvalue weighted by Gasteiger charge is 2.43. The molecule has 1 fully saturated rings. The van der Waals surface area contributed by atoms with E-state index in [1.165, 1.54) is 38.1 Å². The summed E-state index contributed by atoms with van der Waals surface area (Å²) >= 11 is 0. The number of primary amides is 1. The van der Waals surface area contributed by atoms with Crippen molar-refractivity contribution in [3.63, 3.8) is 0 Å². The number of aliphatic hydroxyl groups is 4. The van der Waals surface area contributed by atoms with Gasteiger partial charge in [0.15, 0.2) is 12.1 Å². The van der Waals surface area contributed by atoms with Crippen molar-refractivity contribution in [1.82, 2.24) is 63.8 Å². The van der Waals surface area contributed by atoms with Gasteiger partial charge in [0.05, 0.1) is 37.4 Å². The number of benzene rings is 1. The number of carbonyl (C=O) groups excluding carboxylic acids is 12. The summed E-state index contributed by atoms with van der Waals surface area (Å²) in [5.41, 5.74) is 17.1. The first-order chi connectivity index (χ1) is 42.0. The lowest BCUT2D eigenvalue weighted by Crippen LogP contribution is -2.65. The molecule has 32 heteroatoms. The van der Waals surface area contributed by atoms with Gasteiger partial charge in [-0.1, -0.05) is 106 Å². The topological polar surface area (TPSA) is 532 Å². The number of guanidine groups is 1. The van der Waals surface area contributed by atoms with Crippen LogP contribution in [-0.2, 0) is 57.5 Å². The van der Waals surface area contributed by atoms with Gasteiger partial charge in [-0.3, -0.25) is 62.9 Å². The van der Waals surface area contributed by atoms with Crippen LogP contribution in [0.1, 0.15) is 126 Å². The Hall–Kier alpha value is -8.07. The minimum atomic E-state index is -2.55. The molecule has 0 bridgehead atoms. The van der Waals surface area contributed by atoms with E-state index in [1.807, 2.05) is 19.2 Å². The molecule has 0 unspecified atom stereocenters. The maximum absolute atomic E-state index is 15.4. The molecular weight excluding hydrogens is 1180 g/mol. The standard InChI is InChI=1S/C58H98N16O16/c1-12-30(10)39-54(87)71-40(31(11)76)53(86)64-24-38(77)69-44(46(79)47(60)80)57(90)68-37(25-75)52(85)72-41(32-17-14-13-15-18-32)42(73-51(84)36(23-28(6)7)66-48(81)33(59)21-26(2)3)55(88)74-43(45(78)29(8)9)56(89)67-35(22-27(4)5)50(83)65-34(49(82)70-39)19-16-20-63-58(61)62/h13-15,17-18,26-31,33-37,39-46,75-76,78-79H,12,16,19-25,59H2,1-11H3,(H2,60,80)(H,64,86)(H,65,83)(H,66,81)(H,67,89)(H,68,90)(H,69,77)(H,70,82)(H,71,87)(H,72,85)(H,73,84)(H,74,88)(H4,61,62,63)/t30-,31-,33+,34+,35-,36-,37-,39-,40-,41+,42-,43-,44-,45+,46+/m0/s1. The van der Waals surface area contributed by atoms with Crippen LogP contribution in [0, 0.1) is 35.0 Å². The summed E-state index contributed by atoms with van der Waals surface area (Å²) in [6.07, 6.45) is -5.88. The summed E-state index contributed by atoms with van der Waals surface area (Å²) in [4.78, 5) is 170. The zero-order chi connectivity index (χ0) is 68.4. The van der Waals surface area contributed by atoms with Crippen molar-refractivity contribution < 1.29 is 78.0 Å². The fraction of sp³-hybridized carbons (Fsp3) is 0.672. The van der Waals surface area contributed by atoms with E-state index in [-0.39, 0.29) is 68.4 Å². The van der Waals surface area contributed by atoms with E-state index < -0.39 is 187 Å². The highest BCUT2D eigenvalue weighted by molar-refractivity contribution is 6.00. The summed E-state index contributed by atoms with van der Waals surface area (Å²) in [7, 11) is 0. The Bertz CT molecular complexity index is 2630. The van der Waals surface area contributed by atoms with Crippen LogP contribution in [0.5, 0.6) is 0 Å². The van der Waals surface area contributed by atoms with Crippen LogP contribution in [0.25, 0.3) is 0 Å². The van der Waals surface area contributed by atoms with Crippen LogP contribution in [-0.4, -0.2) is 196 Å². The van der Waals surface area contributed by atoms with Crippen molar-refractivity contribution in [2.75, 3.05) is 19.7 Å². The van der Waals surface area contributed by atoms with E-state index in [0.717, 1.165) is 6.92 Å². The lowest BCUT2D eigenvalue weighted by Gasteiger charge is -2.34. The maximum atomic E-state index is 15.4. The Balaban J connectivity index is 3.13. The fourth-order valence-corrected chi connectivity index (χ4v) is 9.41. The Labute approximate surface area is 524 Å². The van der Waals surface area contributed by atoms with Gasteiger partial charge < -0.3 is 101 Å². The quantitative estimate of drug-likeness (QED) is 0.0276. The predicted octanol–water partition coefficient (Wildman–Crippen LogP) is -5.65. The molecule has 1 heterocycles. The molecule has 2 rings (SSSR count). The van der Waals surface area contributed by atoms with Gasteiger partial charge in [0.2, 0.25) is 70.9 Å². The first-order valence-corrected chi connectivity index (χ1v) is 30.2. The summed E-state index contributed by atoms with van der Waals surface area (Å²) in [5.74, 6) is -16.8. The number of aliphatic hydroxyl groups excluding tert-OH is 4. The molecule has 1 aliphatic rings. The van der Waals surface area contributed by atoms with Gasteiger partial charge in [-0.25, -0.2) is 0 Å². The Morgan fingerprint density at radius 1 is 0.622 bits per heavy atom. The van der Waals surface area contributed by atoms with Gasteiger partial charge in [-0.05, 0) is 74.2 Å². The molecule has 0 aromatic heterocycles. The second-order valence-electron chi connectivity index (χ2n) is 24.2. The molecule has 0 radical (unpaired) electrons. The first kappa shape index (κ1) is 78.0. The first-order valence-electron chi connectivity index (χ1n) is 30.2. The number of nitrogens with one attached hydrogen (secondary N) is 13. The van der Waals surface area contributed by atoms with Crippen molar-refractivity contribution in [2.24, 2.45) is 46.8 Å². The molecule has 32 nitrogen and oxygen atoms in total. The van der Waals surface area contributed by atoms with E-state index in [1.54, 1.807) is 47.6 Å². The second kappa shape index (κ2) is 37.8. The van der Waals surface area contributed by atoms with Crippen LogP contribution >= 0.6 is 0 Å². The molecule has 90 heavy (non-hydrogen) atoms. The van der Waals surface area contributed by atoms with Crippen molar-refractivity contribution in [3.8, 4) is 0 Å². The lowest BCUT2D eigenvalue weighted by molar-refractivity contribution is -0.140. The highest BCUT2D eigenvalue weighted by Crippen LogP contribution is 2.21. The SMILES string of the molecule is CC[C@H](C)[C@@H]1NC(=O)[C@@H](CCCNC(=N)N)NC(=O)[C@H](CC(C)C)NC(=O)[C@H]([C@H](O)C(C)C)NC(=O)[C@@H](NC(=O)[C@H](CC(C)C)NC(=O)[C@H](N)CC(C)C)[C@@H](c2ccccc2)NC(=O)[C@H](CO)NC(=O)[C@H]([C@@H](O)C(N)=O)NC(=O)CNC(=O)[C@H]([C@H](C)O)NC1=O. The molecule has 0 saturated carbocycles. The number of rotatable bonds is 23. The predicted molar refractivity (Wildman–Crippen MR) is 327 cm³/mol. The van der Waals surface area contributed by atoms with Crippen LogP contribution in [0.4, 0.5) is 0 Å². The van der Waals surface area contributed by atoms with Gasteiger partial charge in [0, 0.05) is 6.54 Å². The molecule has 1 aliphatic heterocycles. The van der Waals surface area contributed by atoms with E-state index in [0.29, 0.717) is 0 Å². The van der Waals surface area contributed by atoms with Crippen molar-refractivity contribution in [1.29, 1.82) is 5.41 Å². The average molecular weight is 1280 g/mol. The monoisotopic (exact) mass is 1270 g/mol. The van der Waals surface area contributed by atoms with Gasteiger partial charge >= 0.3 is 0 Å². The van der Waals surface area contributed by atoms with E-state index >= 15 is 4.79 Å². The van der Waals surface area contributed by atoms with E-state index in [9.17, 15) is 73.2 Å². The second-order valence-corrected chi connectivity index (χ2v) is 24.2. The van der Waals surface area contributed by atoms with Crippen LogP contribution in [0.15, 0.2) is 30.3 Å². The minimum absolute atomic E-state index is 0.0193. The van der Waals surface area contributed by atoms with Gasteiger partial charge in [-0.2, -0.15) is 0 Å². The molecule has 1 aromatic rings. The molecule has 0 spiro atoms. The molecule has 1 saturated heterocycles. The zero-order valence-corrected chi connectivity index (χ0v) is 53.1. The molecule has 15 atom stereocenters. The van der Waals surface area contributed by atoms with E-state index in [2.05, 4.69) is 58.5 Å². The van der Waals surface area contributed by atoms with Crippen molar-refractivity contribution >= 4 is 76.8 Å². The summed E-state index contributed by atoms with van der Waals surface area (Å²) in [5, 5.41) is 81.1. The highest BCUT2D eigenvalue weighted by atomic mass is 16.3. The molecule has 12 amide bonds. The molecule has 0 aliphatic carbocycles. The van der Waals surface area contributed by atoms with Gasteiger partial charge in [0.25, 0.3) is 0 Å². The maximum Gasteiger partial charge on any atom is 0.248 e. The molecule has 506 valence electrons. The van der Waals surface area contributed by atoms with Crippen LogP contribution in [0.2, 0.25) is 0 Å². The third-order valence-corrected chi connectivity index (χ3v) is 14.6. The summed E-state index contributed by atoms with van der Waals surface area (Å²) in [6, 6.07) is -12.0.